The molecule has 1 aromatic heterocycles. The summed E-state index contributed by atoms with van der Waals surface area (Å²) < 4.78 is 0. The van der Waals surface area contributed by atoms with Crippen LogP contribution in [0.15, 0.2) is 24.4 Å². The average molecular weight is 384 g/mol. The highest BCUT2D eigenvalue weighted by Crippen LogP contribution is 2.31. The van der Waals surface area contributed by atoms with Crippen LogP contribution in [0.1, 0.15) is 64.4 Å². The third kappa shape index (κ3) is 4.45. The average Bonchev–Trinajstić information content (AvgIpc) is 3.35. The third-order valence-electron chi connectivity index (χ3n) is 5.51. The van der Waals surface area contributed by atoms with Gasteiger partial charge in [-0.2, -0.15) is 0 Å². The summed E-state index contributed by atoms with van der Waals surface area (Å²) in [6, 6.07) is 5.97. The standard InChI is InChI=1S/C21H25N3O2S/c25-18(17-5-4-14-2-1-3-16(14)12-17)6-7-20(26)24-21-23-13-19(27-21)15-8-10-22-11-9-15/h4-5,12-13,15,22H,1-3,6-11H2,(H,23,24,26). The van der Waals surface area contributed by atoms with Crippen LogP contribution in [-0.2, 0) is 17.6 Å². The first-order chi connectivity index (χ1) is 13.2. The summed E-state index contributed by atoms with van der Waals surface area (Å²) >= 11 is 1.56. The first-order valence-electron chi connectivity index (χ1n) is 9.80. The molecule has 0 bridgehead atoms. The van der Waals surface area contributed by atoms with E-state index in [-0.39, 0.29) is 24.5 Å². The van der Waals surface area contributed by atoms with Crippen LogP contribution in [0, 0.1) is 0 Å². The van der Waals surface area contributed by atoms with Gasteiger partial charge in [0, 0.05) is 29.5 Å². The van der Waals surface area contributed by atoms with Crippen molar-refractivity contribution < 1.29 is 9.59 Å². The molecule has 2 aliphatic rings. The lowest BCUT2D eigenvalue weighted by atomic mass is 9.97. The minimum atomic E-state index is -0.143. The molecule has 1 fully saturated rings. The number of rotatable bonds is 6. The number of nitrogens with zero attached hydrogens (tertiary/aromatic N) is 1. The van der Waals surface area contributed by atoms with E-state index in [2.05, 4.69) is 21.7 Å². The van der Waals surface area contributed by atoms with Crippen LogP contribution in [-0.4, -0.2) is 29.8 Å². The Bertz CT molecular complexity index is 840. The number of carbonyl (C=O) groups is 2. The van der Waals surface area contributed by atoms with Gasteiger partial charge in [0.15, 0.2) is 10.9 Å². The summed E-state index contributed by atoms with van der Waals surface area (Å²) in [6.45, 7) is 2.07. The third-order valence-corrected chi connectivity index (χ3v) is 6.59. The maximum Gasteiger partial charge on any atom is 0.226 e. The Labute approximate surface area is 163 Å². The predicted molar refractivity (Wildman–Crippen MR) is 108 cm³/mol. The molecule has 1 aliphatic heterocycles. The lowest BCUT2D eigenvalue weighted by molar-refractivity contribution is -0.116. The molecule has 0 saturated carbocycles. The summed E-state index contributed by atoms with van der Waals surface area (Å²) in [6.07, 6.45) is 7.87. The number of hydrogen-bond acceptors (Lipinski definition) is 5. The van der Waals surface area contributed by atoms with Gasteiger partial charge in [0.2, 0.25) is 5.91 Å². The van der Waals surface area contributed by atoms with Gasteiger partial charge >= 0.3 is 0 Å². The molecule has 142 valence electrons. The number of amides is 1. The number of nitrogens with one attached hydrogen (secondary N) is 2. The molecule has 27 heavy (non-hydrogen) atoms. The van der Waals surface area contributed by atoms with Crippen molar-refractivity contribution in [3.05, 3.63) is 46.0 Å². The van der Waals surface area contributed by atoms with E-state index < -0.39 is 0 Å². The molecule has 2 N–H and O–H groups in total. The number of anilines is 1. The zero-order valence-corrected chi connectivity index (χ0v) is 16.2. The lowest BCUT2D eigenvalue weighted by Gasteiger charge is -2.20. The fraction of sp³-hybridized carbons (Fsp3) is 0.476. The molecule has 6 heteroatoms. The minimum absolute atomic E-state index is 0.0365. The smallest absolute Gasteiger partial charge is 0.226 e. The van der Waals surface area contributed by atoms with Crippen LogP contribution in [0.2, 0.25) is 0 Å². The molecule has 0 unspecified atom stereocenters. The van der Waals surface area contributed by atoms with Crippen molar-refractivity contribution in [1.82, 2.24) is 10.3 Å². The zero-order valence-electron chi connectivity index (χ0n) is 15.4. The fourth-order valence-electron chi connectivity index (χ4n) is 3.94. The summed E-state index contributed by atoms with van der Waals surface area (Å²) in [7, 11) is 0. The van der Waals surface area contributed by atoms with Gasteiger partial charge in [-0.05, 0) is 68.3 Å². The number of piperidine rings is 1. The molecule has 0 atom stereocenters. The zero-order chi connectivity index (χ0) is 18.6. The van der Waals surface area contributed by atoms with Gasteiger partial charge in [0.05, 0.1) is 0 Å². The van der Waals surface area contributed by atoms with Gasteiger partial charge in [0.25, 0.3) is 0 Å². The Hall–Kier alpha value is -2.05. The highest BCUT2D eigenvalue weighted by molar-refractivity contribution is 7.15. The van der Waals surface area contributed by atoms with Gasteiger partial charge in [-0.15, -0.1) is 11.3 Å². The summed E-state index contributed by atoms with van der Waals surface area (Å²) in [4.78, 5) is 30.2. The maximum absolute atomic E-state index is 12.4. The number of hydrogen-bond donors (Lipinski definition) is 2. The monoisotopic (exact) mass is 383 g/mol. The largest absolute Gasteiger partial charge is 0.317 e. The molecule has 4 rings (SSSR count). The van der Waals surface area contributed by atoms with Crippen molar-refractivity contribution in [1.29, 1.82) is 0 Å². The molecule has 5 nitrogen and oxygen atoms in total. The summed E-state index contributed by atoms with van der Waals surface area (Å²) in [5, 5.41) is 6.85. The van der Waals surface area contributed by atoms with Crippen LogP contribution in [0.25, 0.3) is 0 Å². The van der Waals surface area contributed by atoms with Crippen molar-refractivity contribution in [3.8, 4) is 0 Å². The number of aryl methyl sites for hydroxylation is 2. The number of carbonyl (C=O) groups excluding carboxylic acids is 2. The second-order valence-electron chi connectivity index (χ2n) is 7.40. The normalized spacial score (nSPS) is 16.9. The number of thiazole rings is 1. The van der Waals surface area contributed by atoms with Crippen LogP contribution >= 0.6 is 11.3 Å². The molecule has 2 heterocycles. The van der Waals surface area contributed by atoms with Crippen LogP contribution in [0.4, 0.5) is 5.13 Å². The van der Waals surface area contributed by atoms with E-state index >= 15 is 0 Å². The second-order valence-corrected chi connectivity index (χ2v) is 8.46. The van der Waals surface area contributed by atoms with E-state index in [9.17, 15) is 9.59 Å². The first kappa shape index (κ1) is 18.3. The summed E-state index contributed by atoms with van der Waals surface area (Å²) in [5.74, 6) is 0.431. The molecular weight excluding hydrogens is 358 g/mol. The van der Waals surface area contributed by atoms with E-state index in [1.807, 2.05) is 18.3 Å². The highest BCUT2D eigenvalue weighted by Gasteiger charge is 2.19. The van der Waals surface area contributed by atoms with E-state index in [0.29, 0.717) is 11.0 Å². The van der Waals surface area contributed by atoms with Gasteiger partial charge < -0.3 is 10.6 Å². The van der Waals surface area contributed by atoms with Crippen molar-refractivity contribution in [3.63, 3.8) is 0 Å². The van der Waals surface area contributed by atoms with Crippen LogP contribution in [0.5, 0.6) is 0 Å². The van der Waals surface area contributed by atoms with Crippen LogP contribution in [0.3, 0.4) is 0 Å². The van der Waals surface area contributed by atoms with E-state index in [4.69, 9.17) is 0 Å². The van der Waals surface area contributed by atoms with E-state index in [1.54, 1.807) is 11.3 Å². The highest BCUT2D eigenvalue weighted by atomic mass is 32.1. The maximum atomic E-state index is 12.4. The Balaban J connectivity index is 1.28. The Morgan fingerprint density at radius 3 is 2.81 bits per heavy atom. The molecule has 2 aromatic rings. The quantitative estimate of drug-likeness (QED) is 0.746. The van der Waals surface area contributed by atoms with Gasteiger partial charge in [-0.1, -0.05) is 12.1 Å². The van der Waals surface area contributed by atoms with Crippen molar-refractivity contribution in [2.24, 2.45) is 0 Å². The number of ketones is 1. The molecule has 0 spiro atoms. The Morgan fingerprint density at radius 2 is 1.96 bits per heavy atom. The number of Topliss-reactive ketones (excluding diaryl/α,β-unsaturated/α-hetero) is 1. The molecular formula is C21H25N3O2S. The van der Waals surface area contributed by atoms with Crippen molar-refractivity contribution in [2.45, 2.75) is 50.9 Å². The second kappa shape index (κ2) is 8.31. The minimum Gasteiger partial charge on any atom is -0.317 e. The first-order valence-corrected chi connectivity index (χ1v) is 10.6. The molecule has 1 amide bonds. The number of aromatic nitrogens is 1. The Kier molecular flexibility index (Phi) is 5.64. The van der Waals surface area contributed by atoms with Gasteiger partial charge in [-0.25, -0.2) is 4.98 Å². The molecule has 0 radical (unpaired) electrons. The number of benzene rings is 1. The van der Waals surface area contributed by atoms with E-state index in [0.717, 1.165) is 44.3 Å². The van der Waals surface area contributed by atoms with Gasteiger partial charge in [-0.3, -0.25) is 9.59 Å². The lowest BCUT2D eigenvalue weighted by Crippen LogP contribution is -2.26. The number of fused-ring (bicyclic) bond motifs is 1. The summed E-state index contributed by atoms with van der Waals surface area (Å²) in [5.41, 5.74) is 3.38. The Morgan fingerprint density at radius 1 is 1.15 bits per heavy atom. The molecule has 1 aliphatic carbocycles. The molecule has 1 aromatic carbocycles. The topological polar surface area (TPSA) is 71.1 Å². The van der Waals surface area contributed by atoms with Crippen molar-refractivity contribution in [2.75, 3.05) is 18.4 Å². The van der Waals surface area contributed by atoms with E-state index in [1.165, 1.54) is 22.4 Å². The predicted octanol–water partition coefficient (Wildman–Crippen LogP) is 3.70. The molecule has 1 saturated heterocycles. The van der Waals surface area contributed by atoms with Gasteiger partial charge in [0.1, 0.15) is 0 Å². The van der Waals surface area contributed by atoms with Crippen LogP contribution < -0.4 is 10.6 Å². The SMILES string of the molecule is O=C(CCC(=O)c1ccc2c(c1)CCC2)Nc1ncc(C2CCNCC2)s1. The fourth-order valence-corrected chi connectivity index (χ4v) is 4.94. The van der Waals surface area contributed by atoms with Crippen molar-refractivity contribution >= 4 is 28.2 Å².